The molecule has 90 valence electrons. The van der Waals surface area contributed by atoms with Gasteiger partial charge in [0, 0.05) is 0 Å². The molecular weight excluding hydrogens is 245 g/mol. The van der Waals surface area contributed by atoms with E-state index in [1.165, 1.54) is 12.8 Å². The summed E-state index contributed by atoms with van der Waals surface area (Å²) in [5, 5.41) is 10.3. The molecule has 1 N–H and O–H groups in total. The molecule has 0 aromatic carbocycles. The summed E-state index contributed by atoms with van der Waals surface area (Å²) in [7, 11) is 0. The second-order valence-electron chi connectivity index (χ2n) is 7.42. The number of hydrogen-bond acceptors (Lipinski definition) is 1. The topological polar surface area (TPSA) is 20.2 Å². The molecule has 0 aromatic rings. The zero-order valence-electron chi connectivity index (χ0n) is 11.3. The second-order valence-corrected chi connectivity index (χ2v) is 18.9. The Bertz CT molecular complexity index is 212. The molecule has 0 radical (unpaired) electrons. The van der Waals surface area contributed by atoms with Crippen LogP contribution < -0.4 is 0 Å². The fourth-order valence-electron chi connectivity index (χ4n) is 2.94. The molecule has 1 rings (SSSR count). The fourth-order valence-corrected chi connectivity index (χ4v) is 7.82. The van der Waals surface area contributed by atoms with Gasteiger partial charge in [-0.3, -0.25) is 0 Å². The summed E-state index contributed by atoms with van der Waals surface area (Å²) in [6.07, 6.45) is 3.62. The molecule has 1 aliphatic rings. The maximum absolute atomic E-state index is 10.3. The van der Waals surface area contributed by atoms with E-state index in [9.17, 15) is 5.11 Å². The van der Waals surface area contributed by atoms with Crippen molar-refractivity contribution in [3.63, 3.8) is 0 Å². The van der Waals surface area contributed by atoms with Gasteiger partial charge in [0.25, 0.3) is 0 Å². The van der Waals surface area contributed by atoms with Crippen LogP contribution >= 0.6 is 0 Å². The summed E-state index contributed by atoms with van der Waals surface area (Å²) in [4.78, 5) is 0. The third kappa shape index (κ3) is 3.49. The molecule has 1 fully saturated rings. The van der Waals surface area contributed by atoms with Crippen LogP contribution in [0, 0.1) is 11.3 Å². The molecule has 1 aliphatic carbocycles. The van der Waals surface area contributed by atoms with E-state index in [2.05, 4.69) is 38.0 Å². The molecule has 15 heavy (non-hydrogen) atoms. The van der Waals surface area contributed by atoms with Gasteiger partial charge in [0.2, 0.25) is 0 Å². The Morgan fingerprint density at radius 3 is 1.93 bits per heavy atom. The maximum atomic E-state index is 10.3. The zero-order chi connectivity index (χ0) is 11.9. The first-order valence-corrected chi connectivity index (χ1v) is 13.8. The van der Waals surface area contributed by atoms with Crippen molar-refractivity contribution in [2.24, 2.45) is 11.3 Å². The van der Waals surface area contributed by atoms with Crippen LogP contribution in [-0.2, 0) is 0 Å². The van der Waals surface area contributed by atoms with Gasteiger partial charge in [0.05, 0.1) is 0 Å². The van der Waals surface area contributed by atoms with Crippen LogP contribution in [0.4, 0.5) is 0 Å². The van der Waals surface area contributed by atoms with Gasteiger partial charge in [-0.05, 0) is 0 Å². The first-order chi connectivity index (χ1) is 6.62. The first-order valence-electron chi connectivity index (χ1n) is 6.30. The summed E-state index contributed by atoms with van der Waals surface area (Å²) in [6, 6.07) is 0. The average molecular weight is 273 g/mol. The number of hydrogen-bond donors (Lipinski definition) is 1. The normalized spacial score (nSPS) is 34.2. The van der Waals surface area contributed by atoms with E-state index in [-0.39, 0.29) is 6.10 Å². The fraction of sp³-hybridized carbons (Fsp3) is 1.00. The predicted octanol–water partition coefficient (Wildman–Crippen LogP) is 3.90. The van der Waals surface area contributed by atoms with Gasteiger partial charge in [-0.25, -0.2) is 0 Å². The molecule has 0 aromatic heterocycles. The van der Waals surface area contributed by atoms with Crippen molar-refractivity contribution in [2.75, 3.05) is 0 Å². The zero-order valence-corrected chi connectivity index (χ0v) is 13.4. The Labute approximate surface area is 98.0 Å². The Balaban J connectivity index is 2.64. The molecule has 0 aliphatic heterocycles. The summed E-state index contributed by atoms with van der Waals surface area (Å²) >= 11 is -1.65. The molecule has 0 saturated heterocycles. The van der Waals surface area contributed by atoms with E-state index >= 15 is 0 Å². The molecule has 0 heterocycles. The van der Waals surface area contributed by atoms with Crippen LogP contribution in [0.5, 0.6) is 0 Å². The van der Waals surface area contributed by atoms with Crippen LogP contribution in [-0.4, -0.2) is 24.5 Å². The Morgan fingerprint density at radius 2 is 1.60 bits per heavy atom. The number of aliphatic hydroxyl groups excluding tert-OH is 1. The van der Waals surface area contributed by atoms with Crippen molar-refractivity contribution in [3.8, 4) is 0 Å². The Hall–Kier alpha value is 0.503. The van der Waals surface area contributed by atoms with E-state index in [4.69, 9.17) is 0 Å². The van der Waals surface area contributed by atoms with Gasteiger partial charge < -0.3 is 0 Å². The average Bonchev–Trinajstić information content (AvgIpc) is 1.99. The first kappa shape index (κ1) is 13.6. The third-order valence-electron chi connectivity index (χ3n) is 4.15. The number of aliphatic hydroxyl groups is 1. The molecule has 0 spiro atoms. The van der Waals surface area contributed by atoms with E-state index < -0.39 is 13.3 Å². The standard InChI is InChI=1S/C13H28GeO/c1-13(2,3)10-7-8-11(12(15)9-10)14(4,5)6/h10-12,15H,7-9H2,1-6H3/t10-,11+,12+/m1/s1. The summed E-state index contributed by atoms with van der Waals surface area (Å²) < 4.78 is 0.670. The Morgan fingerprint density at radius 1 is 1.07 bits per heavy atom. The molecule has 0 unspecified atom stereocenters. The predicted molar refractivity (Wildman–Crippen MR) is 69.9 cm³/mol. The quantitative estimate of drug-likeness (QED) is 0.718. The van der Waals surface area contributed by atoms with Crippen LogP contribution in [0.2, 0.25) is 22.0 Å². The SMILES string of the molecule is CC(C)(C)[C@@H]1CC[C@H]([Ge]([CH3])([CH3])[CH3])[C@@H](O)C1. The molecule has 2 heteroatoms. The van der Waals surface area contributed by atoms with Gasteiger partial charge >= 0.3 is 97.9 Å². The molecule has 1 saturated carbocycles. The van der Waals surface area contributed by atoms with Crippen LogP contribution in [0.3, 0.4) is 0 Å². The van der Waals surface area contributed by atoms with Gasteiger partial charge in [0.15, 0.2) is 0 Å². The van der Waals surface area contributed by atoms with Crippen molar-refractivity contribution >= 4 is 13.3 Å². The Kier molecular flexibility index (Phi) is 3.98. The molecular formula is C13H28GeO. The second kappa shape index (κ2) is 4.40. The van der Waals surface area contributed by atoms with E-state index in [0.717, 1.165) is 6.42 Å². The van der Waals surface area contributed by atoms with Crippen molar-refractivity contribution in [3.05, 3.63) is 0 Å². The monoisotopic (exact) mass is 274 g/mol. The summed E-state index contributed by atoms with van der Waals surface area (Å²) in [5.74, 6) is 8.02. The number of rotatable bonds is 1. The van der Waals surface area contributed by atoms with Crippen LogP contribution in [0.15, 0.2) is 0 Å². The van der Waals surface area contributed by atoms with E-state index in [1.54, 1.807) is 0 Å². The minimum atomic E-state index is -1.65. The van der Waals surface area contributed by atoms with Crippen LogP contribution in [0.25, 0.3) is 0 Å². The molecule has 1 nitrogen and oxygen atoms in total. The van der Waals surface area contributed by atoms with Crippen molar-refractivity contribution in [1.29, 1.82) is 0 Å². The van der Waals surface area contributed by atoms with Gasteiger partial charge in [-0.2, -0.15) is 0 Å². The van der Waals surface area contributed by atoms with E-state index in [0.29, 0.717) is 16.1 Å². The van der Waals surface area contributed by atoms with Gasteiger partial charge in [-0.15, -0.1) is 0 Å². The third-order valence-corrected chi connectivity index (χ3v) is 10.2. The minimum absolute atomic E-state index is 0.0111. The van der Waals surface area contributed by atoms with Crippen molar-refractivity contribution in [2.45, 2.75) is 68.2 Å². The summed E-state index contributed by atoms with van der Waals surface area (Å²) in [5.41, 5.74) is 0.372. The molecule has 0 bridgehead atoms. The molecule has 0 amide bonds. The van der Waals surface area contributed by atoms with Crippen LogP contribution in [0.1, 0.15) is 40.0 Å². The van der Waals surface area contributed by atoms with Gasteiger partial charge in [-0.1, -0.05) is 0 Å². The molecule has 3 atom stereocenters. The van der Waals surface area contributed by atoms with Crippen molar-refractivity contribution < 1.29 is 5.11 Å². The van der Waals surface area contributed by atoms with E-state index in [1.807, 2.05) is 0 Å². The van der Waals surface area contributed by atoms with Crippen molar-refractivity contribution in [1.82, 2.24) is 0 Å². The van der Waals surface area contributed by atoms with Gasteiger partial charge in [0.1, 0.15) is 0 Å². The summed E-state index contributed by atoms with van der Waals surface area (Å²) in [6.45, 7) is 6.93.